The summed E-state index contributed by atoms with van der Waals surface area (Å²) in [5.41, 5.74) is 0. The Morgan fingerprint density at radius 3 is 3.00 bits per heavy atom. The SMILES string of the molecule is BrC1C=CCCCCC1. The highest BCUT2D eigenvalue weighted by atomic mass is 79.9. The minimum absolute atomic E-state index is 0.651. The van der Waals surface area contributed by atoms with E-state index in [0.29, 0.717) is 4.83 Å². The van der Waals surface area contributed by atoms with Crippen molar-refractivity contribution in [2.75, 3.05) is 0 Å². The first-order valence-electron chi connectivity index (χ1n) is 3.70. The van der Waals surface area contributed by atoms with Crippen LogP contribution in [0.25, 0.3) is 0 Å². The lowest BCUT2D eigenvalue weighted by Crippen LogP contribution is -1.94. The van der Waals surface area contributed by atoms with Gasteiger partial charge in [-0.2, -0.15) is 0 Å². The van der Waals surface area contributed by atoms with Crippen molar-refractivity contribution >= 4 is 15.9 Å². The van der Waals surface area contributed by atoms with Crippen molar-refractivity contribution in [3.63, 3.8) is 0 Å². The van der Waals surface area contributed by atoms with E-state index in [0.717, 1.165) is 0 Å². The molecule has 0 aromatic heterocycles. The molecule has 9 heavy (non-hydrogen) atoms. The van der Waals surface area contributed by atoms with Crippen LogP contribution >= 0.6 is 15.9 Å². The average Bonchev–Trinajstić information content (AvgIpc) is 1.79. The highest BCUT2D eigenvalue weighted by molar-refractivity contribution is 9.09. The Morgan fingerprint density at radius 2 is 2.11 bits per heavy atom. The quantitative estimate of drug-likeness (QED) is 0.405. The van der Waals surface area contributed by atoms with Crippen LogP contribution in [0.1, 0.15) is 32.1 Å². The molecule has 0 bridgehead atoms. The molecule has 0 heterocycles. The van der Waals surface area contributed by atoms with Crippen LogP contribution in [0, 0.1) is 0 Å². The third kappa shape index (κ3) is 3.04. The monoisotopic (exact) mass is 188 g/mol. The van der Waals surface area contributed by atoms with Gasteiger partial charge in [-0.3, -0.25) is 0 Å². The summed E-state index contributed by atoms with van der Waals surface area (Å²) in [5, 5.41) is 0. The van der Waals surface area contributed by atoms with Gasteiger partial charge in [0.05, 0.1) is 0 Å². The van der Waals surface area contributed by atoms with Crippen LogP contribution in [0.3, 0.4) is 0 Å². The summed E-state index contributed by atoms with van der Waals surface area (Å²) in [7, 11) is 0. The zero-order valence-corrected chi connectivity index (χ0v) is 7.23. The fourth-order valence-electron chi connectivity index (χ4n) is 1.12. The van der Waals surface area contributed by atoms with Crippen molar-refractivity contribution in [2.45, 2.75) is 36.9 Å². The molecule has 1 rings (SSSR count). The second kappa shape index (κ2) is 4.10. The van der Waals surface area contributed by atoms with Gasteiger partial charge in [0.2, 0.25) is 0 Å². The Hall–Kier alpha value is 0.220. The molecular weight excluding hydrogens is 176 g/mol. The molecule has 0 saturated carbocycles. The second-order valence-electron chi connectivity index (χ2n) is 2.58. The number of allylic oxidation sites excluding steroid dienone is 2. The molecule has 1 unspecified atom stereocenters. The minimum atomic E-state index is 0.651. The van der Waals surface area contributed by atoms with Crippen molar-refractivity contribution in [2.24, 2.45) is 0 Å². The third-order valence-corrected chi connectivity index (χ3v) is 2.46. The summed E-state index contributed by atoms with van der Waals surface area (Å²) in [6.45, 7) is 0. The summed E-state index contributed by atoms with van der Waals surface area (Å²) in [5.74, 6) is 0. The molecule has 0 saturated heterocycles. The average molecular weight is 189 g/mol. The molecule has 1 aliphatic carbocycles. The standard InChI is InChI=1S/C8H13Br/c9-8-6-4-2-1-3-5-7-8/h4,6,8H,1-3,5,7H2. The van der Waals surface area contributed by atoms with Crippen LogP contribution in [0.2, 0.25) is 0 Å². The summed E-state index contributed by atoms with van der Waals surface area (Å²) < 4.78 is 0. The lowest BCUT2D eigenvalue weighted by atomic mass is 10.1. The van der Waals surface area contributed by atoms with E-state index in [9.17, 15) is 0 Å². The number of hydrogen-bond acceptors (Lipinski definition) is 0. The molecule has 0 spiro atoms. The molecule has 0 amide bonds. The van der Waals surface area contributed by atoms with Crippen LogP contribution in [0.5, 0.6) is 0 Å². The van der Waals surface area contributed by atoms with Crippen molar-refractivity contribution in [3.8, 4) is 0 Å². The Kier molecular flexibility index (Phi) is 3.34. The molecule has 0 fully saturated rings. The molecule has 1 aliphatic rings. The van der Waals surface area contributed by atoms with E-state index in [4.69, 9.17) is 0 Å². The van der Waals surface area contributed by atoms with Crippen LogP contribution in [-0.2, 0) is 0 Å². The fraction of sp³-hybridized carbons (Fsp3) is 0.750. The Balaban J connectivity index is 2.30. The lowest BCUT2D eigenvalue weighted by molar-refractivity contribution is 0.646. The predicted octanol–water partition coefficient (Wildman–Crippen LogP) is 3.27. The molecule has 0 aromatic carbocycles. The maximum atomic E-state index is 3.59. The maximum absolute atomic E-state index is 3.59. The zero-order chi connectivity index (χ0) is 6.53. The van der Waals surface area contributed by atoms with Crippen molar-refractivity contribution in [1.82, 2.24) is 0 Å². The van der Waals surface area contributed by atoms with E-state index in [2.05, 4.69) is 28.1 Å². The normalized spacial score (nSPS) is 29.2. The van der Waals surface area contributed by atoms with Gasteiger partial charge in [0.25, 0.3) is 0 Å². The van der Waals surface area contributed by atoms with Gasteiger partial charge >= 0.3 is 0 Å². The van der Waals surface area contributed by atoms with Crippen LogP contribution in [-0.4, -0.2) is 4.83 Å². The topological polar surface area (TPSA) is 0 Å². The first kappa shape index (κ1) is 7.33. The van der Waals surface area contributed by atoms with Crippen molar-refractivity contribution < 1.29 is 0 Å². The predicted molar refractivity (Wildman–Crippen MR) is 44.9 cm³/mol. The van der Waals surface area contributed by atoms with Crippen molar-refractivity contribution in [1.29, 1.82) is 0 Å². The second-order valence-corrected chi connectivity index (χ2v) is 3.76. The van der Waals surface area contributed by atoms with Gasteiger partial charge in [-0.15, -0.1) is 0 Å². The maximum Gasteiger partial charge on any atom is 0.0325 e. The smallest absolute Gasteiger partial charge is 0.0325 e. The largest absolute Gasteiger partial charge is 0.0874 e. The van der Waals surface area contributed by atoms with Gasteiger partial charge in [0.15, 0.2) is 0 Å². The molecular formula is C8H13Br. The van der Waals surface area contributed by atoms with Crippen LogP contribution in [0.4, 0.5) is 0 Å². The van der Waals surface area contributed by atoms with E-state index in [1.54, 1.807) is 0 Å². The van der Waals surface area contributed by atoms with Gasteiger partial charge < -0.3 is 0 Å². The van der Waals surface area contributed by atoms with Gasteiger partial charge in [-0.25, -0.2) is 0 Å². The molecule has 1 atom stereocenters. The van der Waals surface area contributed by atoms with E-state index < -0.39 is 0 Å². The molecule has 0 aromatic rings. The molecule has 52 valence electrons. The zero-order valence-electron chi connectivity index (χ0n) is 5.65. The highest BCUT2D eigenvalue weighted by Crippen LogP contribution is 2.16. The molecule has 0 aliphatic heterocycles. The summed E-state index contributed by atoms with van der Waals surface area (Å²) >= 11 is 3.59. The Bertz CT molecular complexity index is 96.7. The summed E-state index contributed by atoms with van der Waals surface area (Å²) in [4.78, 5) is 0.651. The first-order chi connectivity index (χ1) is 4.39. The van der Waals surface area contributed by atoms with Gasteiger partial charge in [0, 0.05) is 4.83 Å². The Labute approximate surface area is 65.5 Å². The van der Waals surface area contributed by atoms with Crippen LogP contribution in [0.15, 0.2) is 12.2 Å². The minimum Gasteiger partial charge on any atom is -0.0874 e. The molecule has 0 nitrogen and oxygen atoms in total. The van der Waals surface area contributed by atoms with E-state index in [1.165, 1.54) is 32.1 Å². The third-order valence-electron chi connectivity index (χ3n) is 1.70. The number of hydrogen-bond donors (Lipinski definition) is 0. The van der Waals surface area contributed by atoms with Crippen molar-refractivity contribution in [3.05, 3.63) is 12.2 Å². The molecule has 1 heteroatoms. The van der Waals surface area contributed by atoms with E-state index in [-0.39, 0.29) is 0 Å². The molecule has 0 N–H and O–H groups in total. The first-order valence-corrected chi connectivity index (χ1v) is 4.62. The van der Waals surface area contributed by atoms with Gasteiger partial charge in [-0.1, -0.05) is 40.9 Å². The van der Waals surface area contributed by atoms with E-state index >= 15 is 0 Å². The number of alkyl halides is 1. The van der Waals surface area contributed by atoms with Gasteiger partial charge in [-0.05, 0) is 19.3 Å². The number of halogens is 1. The lowest BCUT2D eigenvalue weighted by Gasteiger charge is -2.06. The van der Waals surface area contributed by atoms with E-state index in [1.807, 2.05) is 0 Å². The summed E-state index contributed by atoms with van der Waals surface area (Å²) in [6.07, 6.45) is 11.3. The summed E-state index contributed by atoms with van der Waals surface area (Å²) in [6, 6.07) is 0. The highest BCUT2D eigenvalue weighted by Gasteiger charge is 2.00. The number of rotatable bonds is 0. The molecule has 0 radical (unpaired) electrons. The Morgan fingerprint density at radius 1 is 1.22 bits per heavy atom. The van der Waals surface area contributed by atoms with Crippen LogP contribution < -0.4 is 0 Å². The van der Waals surface area contributed by atoms with Gasteiger partial charge in [0.1, 0.15) is 0 Å². The fourth-order valence-corrected chi connectivity index (χ4v) is 1.66.